The first-order valence-corrected chi connectivity index (χ1v) is 7.04. The quantitative estimate of drug-likeness (QED) is 0.836. The van der Waals surface area contributed by atoms with Crippen molar-refractivity contribution in [2.24, 2.45) is 0 Å². The standard InChI is InChI=1S/C14H19N5O3/c1-4-18-7-5-11(16-18)9(2)15-13(20)12-6-8-19(17-12)10(3)14(21)22/h5-10H,4H2,1-3H3,(H,15,20)(H,21,22). The molecule has 118 valence electrons. The summed E-state index contributed by atoms with van der Waals surface area (Å²) in [6.07, 6.45) is 3.32. The number of rotatable bonds is 6. The van der Waals surface area contributed by atoms with Crippen molar-refractivity contribution in [1.82, 2.24) is 24.9 Å². The number of carboxylic acid groups (broad SMARTS) is 1. The molecule has 0 aliphatic rings. The molecule has 0 radical (unpaired) electrons. The molecule has 0 saturated heterocycles. The Bertz CT molecular complexity index is 676. The Morgan fingerprint density at radius 3 is 2.59 bits per heavy atom. The van der Waals surface area contributed by atoms with Crippen LogP contribution < -0.4 is 5.32 Å². The number of amides is 1. The molecule has 8 heteroatoms. The minimum atomic E-state index is -1.01. The summed E-state index contributed by atoms with van der Waals surface area (Å²) < 4.78 is 3.02. The topological polar surface area (TPSA) is 102 Å². The van der Waals surface area contributed by atoms with Crippen molar-refractivity contribution in [3.8, 4) is 0 Å². The maximum Gasteiger partial charge on any atom is 0.328 e. The van der Waals surface area contributed by atoms with Crippen LogP contribution in [0.4, 0.5) is 0 Å². The van der Waals surface area contributed by atoms with E-state index < -0.39 is 12.0 Å². The fourth-order valence-electron chi connectivity index (χ4n) is 1.92. The van der Waals surface area contributed by atoms with Gasteiger partial charge >= 0.3 is 5.97 Å². The van der Waals surface area contributed by atoms with Gasteiger partial charge in [0.25, 0.3) is 5.91 Å². The Balaban J connectivity index is 2.04. The number of hydrogen-bond donors (Lipinski definition) is 2. The van der Waals surface area contributed by atoms with E-state index >= 15 is 0 Å². The lowest BCUT2D eigenvalue weighted by atomic mass is 10.2. The molecule has 0 aromatic carbocycles. The smallest absolute Gasteiger partial charge is 0.328 e. The van der Waals surface area contributed by atoms with Gasteiger partial charge in [0.15, 0.2) is 0 Å². The maximum absolute atomic E-state index is 12.1. The summed E-state index contributed by atoms with van der Waals surface area (Å²) in [5, 5.41) is 20.1. The van der Waals surface area contributed by atoms with E-state index in [0.29, 0.717) is 0 Å². The lowest BCUT2D eigenvalue weighted by molar-refractivity contribution is -0.140. The second-order valence-corrected chi connectivity index (χ2v) is 4.99. The molecule has 0 spiro atoms. The van der Waals surface area contributed by atoms with E-state index in [0.717, 1.165) is 12.2 Å². The van der Waals surface area contributed by atoms with Crippen LogP contribution in [0.15, 0.2) is 24.5 Å². The number of aliphatic carboxylic acids is 1. The molecule has 22 heavy (non-hydrogen) atoms. The summed E-state index contributed by atoms with van der Waals surface area (Å²) in [5.74, 6) is -1.37. The highest BCUT2D eigenvalue weighted by molar-refractivity contribution is 5.92. The van der Waals surface area contributed by atoms with Crippen molar-refractivity contribution in [3.63, 3.8) is 0 Å². The first kappa shape index (κ1) is 15.7. The van der Waals surface area contributed by atoms with Crippen molar-refractivity contribution in [2.75, 3.05) is 0 Å². The fourth-order valence-corrected chi connectivity index (χ4v) is 1.92. The van der Waals surface area contributed by atoms with Gasteiger partial charge in [-0.3, -0.25) is 14.2 Å². The number of nitrogens with zero attached hydrogens (tertiary/aromatic N) is 4. The zero-order valence-corrected chi connectivity index (χ0v) is 12.7. The second kappa shape index (κ2) is 6.42. The van der Waals surface area contributed by atoms with E-state index in [1.54, 1.807) is 4.68 Å². The molecular formula is C14H19N5O3. The van der Waals surface area contributed by atoms with E-state index in [1.807, 2.05) is 26.1 Å². The highest BCUT2D eigenvalue weighted by Gasteiger charge is 2.19. The molecule has 1 amide bonds. The molecule has 0 saturated carbocycles. The Morgan fingerprint density at radius 1 is 1.27 bits per heavy atom. The molecule has 0 aliphatic carbocycles. The molecule has 2 aromatic heterocycles. The van der Waals surface area contributed by atoms with Gasteiger partial charge in [0.05, 0.1) is 11.7 Å². The SMILES string of the molecule is CCn1ccc(C(C)NC(=O)c2ccn(C(C)C(=O)O)n2)n1. The predicted octanol–water partition coefficient (Wildman–Crippen LogP) is 1.24. The largest absolute Gasteiger partial charge is 0.480 e. The molecule has 2 N–H and O–H groups in total. The number of aryl methyl sites for hydroxylation is 1. The van der Waals surface area contributed by atoms with Crippen molar-refractivity contribution in [3.05, 3.63) is 35.9 Å². The van der Waals surface area contributed by atoms with Gasteiger partial charge in [0.1, 0.15) is 11.7 Å². The fraction of sp³-hybridized carbons (Fsp3) is 0.429. The van der Waals surface area contributed by atoms with Gasteiger partial charge < -0.3 is 10.4 Å². The van der Waals surface area contributed by atoms with Gasteiger partial charge in [-0.2, -0.15) is 10.2 Å². The summed E-state index contributed by atoms with van der Waals surface area (Å²) in [6.45, 7) is 6.07. The summed E-state index contributed by atoms with van der Waals surface area (Å²) in [7, 11) is 0. The zero-order valence-electron chi connectivity index (χ0n) is 12.7. The molecule has 2 aromatic rings. The summed E-state index contributed by atoms with van der Waals surface area (Å²) in [5.41, 5.74) is 0.934. The molecule has 2 atom stereocenters. The average molecular weight is 305 g/mol. The lowest BCUT2D eigenvalue weighted by Gasteiger charge is -2.10. The molecule has 0 aliphatic heterocycles. The summed E-state index contributed by atoms with van der Waals surface area (Å²) in [4.78, 5) is 23.0. The van der Waals surface area contributed by atoms with Gasteiger partial charge in [0.2, 0.25) is 0 Å². The molecule has 0 fully saturated rings. The average Bonchev–Trinajstić information content (AvgIpc) is 3.15. The summed E-state index contributed by atoms with van der Waals surface area (Å²) >= 11 is 0. The van der Waals surface area contributed by atoms with Gasteiger partial charge in [-0.25, -0.2) is 4.79 Å². The van der Waals surface area contributed by atoms with Crippen molar-refractivity contribution in [2.45, 2.75) is 39.4 Å². The Kier molecular flexibility index (Phi) is 4.59. The van der Waals surface area contributed by atoms with Gasteiger partial charge in [-0.15, -0.1) is 0 Å². The van der Waals surface area contributed by atoms with Crippen LogP contribution in [-0.2, 0) is 11.3 Å². The maximum atomic E-state index is 12.1. The molecule has 2 unspecified atom stereocenters. The lowest BCUT2D eigenvalue weighted by Crippen LogP contribution is -2.28. The van der Waals surface area contributed by atoms with Crippen molar-refractivity contribution < 1.29 is 14.7 Å². The molecule has 2 rings (SSSR count). The van der Waals surface area contributed by atoms with Crippen LogP contribution in [0.1, 0.15) is 49.0 Å². The predicted molar refractivity (Wildman–Crippen MR) is 78.4 cm³/mol. The van der Waals surface area contributed by atoms with Crippen LogP contribution >= 0.6 is 0 Å². The van der Waals surface area contributed by atoms with E-state index in [-0.39, 0.29) is 17.6 Å². The number of aromatic nitrogens is 4. The molecule has 2 heterocycles. The molecule has 0 bridgehead atoms. The third kappa shape index (κ3) is 3.33. The minimum Gasteiger partial charge on any atom is -0.480 e. The van der Waals surface area contributed by atoms with E-state index in [1.165, 1.54) is 23.9 Å². The Morgan fingerprint density at radius 2 is 2.00 bits per heavy atom. The number of hydrogen-bond acceptors (Lipinski definition) is 4. The van der Waals surface area contributed by atoms with Crippen LogP contribution in [0, 0.1) is 0 Å². The monoisotopic (exact) mass is 305 g/mol. The van der Waals surface area contributed by atoms with Crippen LogP contribution in [0.3, 0.4) is 0 Å². The minimum absolute atomic E-state index is 0.176. The van der Waals surface area contributed by atoms with Crippen molar-refractivity contribution in [1.29, 1.82) is 0 Å². The van der Waals surface area contributed by atoms with Crippen LogP contribution in [0.25, 0.3) is 0 Å². The first-order valence-electron chi connectivity index (χ1n) is 7.04. The van der Waals surface area contributed by atoms with Crippen LogP contribution in [0.2, 0.25) is 0 Å². The van der Waals surface area contributed by atoms with Crippen LogP contribution in [0.5, 0.6) is 0 Å². The normalized spacial score (nSPS) is 13.6. The van der Waals surface area contributed by atoms with E-state index in [2.05, 4.69) is 15.5 Å². The third-order valence-electron chi connectivity index (χ3n) is 3.37. The van der Waals surface area contributed by atoms with Gasteiger partial charge in [0, 0.05) is 18.9 Å². The number of carboxylic acids is 1. The zero-order chi connectivity index (χ0) is 16.3. The summed E-state index contributed by atoms with van der Waals surface area (Å²) in [6, 6.07) is 2.26. The van der Waals surface area contributed by atoms with Gasteiger partial charge in [-0.05, 0) is 32.9 Å². The molecule has 8 nitrogen and oxygen atoms in total. The van der Waals surface area contributed by atoms with Crippen LogP contribution in [-0.4, -0.2) is 36.5 Å². The van der Waals surface area contributed by atoms with E-state index in [4.69, 9.17) is 5.11 Å². The Labute approximate surface area is 127 Å². The highest BCUT2D eigenvalue weighted by Crippen LogP contribution is 2.11. The number of nitrogens with one attached hydrogen (secondary N) is 1. The van der Waals surface area contributed by atoms with E-state index in [9.17, 15) is 9.59 Å². The second-order valence-electron chi connectivity index (χ2n) is 4.99. The highest BCUT2D eigenvalue weighted by atomic mass is 16.4. The first-order chi connectivity index (χ1) is 10.4. The third-order valence-corrected chi connectivity index (χ3v) is 3.37. The van der Waals surface area contributed by atoms with Crippen molar-refractivity contribution >= 4 is 11.9 Å². The number of carbonyl (C=O) groups is 2. The molecular weight excluding hydrogens is 286 g/mol. The Hall–Kier alpha value is -2.64. The van der Waals surface area contributed by atoms with Gasteiger partial charge in [-0.1, -0.05) is 0 Å². The number of carbonyl (C=O) groups excluding carboxylic acids is 1.